The van der Waals surface area contributed by atoms with Gasteiger partial charge < -0.3 is 10.2 Å². The van der Waals surface area contributed by atoms with Crippen molar-refractivity contribution in [3.8, 4) is 11.5 Å². The number of hydrogen-bond donors (Lipinski definition) is 2. The Morgan fingerprint density at radius 3 is 2.93 bits per heavy atom. The number of nitrogen functional groups attached to an aromatic ring is 1. The Morgan fingerprint density at radius 2 is 2.29 bits per heavy atom. The lowest BCUT2D eigenvalue weighted by atomic mass is 10.2. The second-order valence-corrected chi connectivity index (χ2v) is 3.09. The Hall–Kier alpha value is -1.75. The van der Waals surface area contributed by atoms with Crippen LogP contribution in [0.25, 0.3) is 11.5 Å². The Labute approximate surface area is 83.5 Å². The summed E-state index contributed by atoms with van der Waals surface area (Å²) in [5.74, 6) is -0.491. The fraction of sp³-hybridized carbons (Fsp3) is 0. The third kappa shape index (κ3) is 1.49. The van der Waals surface area contributed by atoms with Crippen LogP contribution in [0.1, 0.15) is 0 Å². The first-order valence-electron chi connectivity index (χ1n) is 3.78. The lowest BCUT2D eigenvalue weighted by Gasteiger charge is -1.99. The van der Waals surface area contributed by atoms with Crippen molar-refractivity contribution < 1.29 is 4.42 Å². The van der Waals surface area contributed by atoms with Crippen molar-refractivity contribution in [1.29, 1.82) is 0 Å². The average Bonchev–Trinajstić information content (AvgIpc) is 2.56. The normalized spacial score (nSPS) is 10.4. The fourth-order valence-corrected chi connectivity index (χ4v) is 1.23. The summed E-state index contributed by atoms with van der Waals surface area (Å²) in [7, 11) is 0. The van der Waals surface area contributed by atoms with Crippen LogP contribution < -0.4 is 11.5 Å². The van der Waals surface area contributed by atoms with Crippen LogP contribution in [0.3, 0.4) is 0 Å². The molecule has 0 bridgehead atoms. The maximum atomic E-state index is 10.7. The van der Waals surface area contributed by atoms with Crippen LogP contribution in [-0.2, 0) is 0 Å². The molecular weight excluding hydrogens is 206 g/mol. The van der Waals surface area contributed by atoms with Gasteiger partial charge in [0, 0.05) is 10.7 Å². The summed E-state index contributed by atoms with van der Waals surface area (Å²) in [6.45, 7) is 0. The highest BCUT2D eigenvalue weighted by Gasteiger charge is 2.09. The Balaban J connectivity index is 2.61. The number of halogens is 1. The molecule has 0 radical (unpaired) electrons. The minimum absolute atomic E-state index is 0.134. The quantitative estimate of drug-likeness (QED) is 0.696. The van der Waals surface area contributed by atoms with Gasteiger partial charge in [-0.05, 0) is 18.2 Å². The van der Waals surface area contributed by atoms with E-state index in [0.29, 0.717) is 16.3 Å². The van der Waals surface area contributed by atoms with Gasteiger partial charge in [0.05, 0.1) is 5.56 Å². The van der Waals surface area contributed by atoms with Crippen molar-refractivity contribution in [2.75, 3.05) is 5.73 Å². The molecule has 2 rings (SSSR count). The van der Waals surface area contributed by atoms with Gasteiger partial charge in [-0.1, -0.05) is 11.6 Å². The summed E-state index contributed by atoms with van der Waals surface area (Å²) in [5, 5.41) is 6.29. The van der Waals surface area contributed by atoms with E-state index in [2.05, 4.69) is 10.2 Å². The lowest BCUT2D eigenvalue weighted by molar-refractivity contribution is 0.527. The summed E-state index contributed by atoms with van der Waals surface area (Å²) in [5.41, 5.74) is 6.60. The topological polar surface area (TPSA) is 84.9 Å². The summed E-state index contributed by atoms with van der Waals surface area (Å²) in [6, 6.07) is 4.84. The van der Waals surface area contributed by atoms with Crippen molar-refractivity contribution in [1.82, 2.24) is 10.2 Å². The highest BCUT2D eigenvalue weighted by molar-refractivity contribution is 6.31. The summed E-state index contributed by atoms with van der Waals surface area (Å²) in [4.78, 5) is 10.7. The minimum Gasteiger partial charge on any atom is -0.398 e. The van der Waals surface area contributed by atoms with Crippen LogP contribution in [0.2, 0.25) is 5.02 Å². The van der Waals surface area contributed by atoms with Crippen molar-refractivity contribution in [3.63, 3.8) is 0 Å². The molecule has 0 saturated heterocycles. The molecule has 6 heteroatoms. The number of hydrogen-bond acceptors (Lipinski definition) is 4. The van der Waals surface area contributed by atoms with Crippen LogP contribution in [0.5, 0.6) is 0 Å². The molecule has 0 aliphatic heterocycles. The van der Waals surface area contributed by atoms with Gasteiger partial charge in [0.1, 0.15) is 0 Å². The van der Waals surface area contributed by atoms with E-state index in [4.69, 9.17) is 21.8 Å². The zero-order valence-electron chi connectivity index (χ0n) is 6.95. The highest BCUT2D eigenvalue weighted by atomic mass is 35.5. The molecule has 0 fully saturated rings. The van der Waals surface area contributed by atoms with Crippen LogP contribution in [0, 0.1) is 0 Å². The number of benzene rings is 1. The summed E-state index contributed by atoms with van der Waals surface area (Å²) < 4.78 is 4.74. The van der Waals surface area contributed by atoms with Gasteiger partial charge in [0.25, 0.3) is 5.89 Å². The van der Waals surface area contributed by atoms with E-state index >= 15 is 0 Å². The van der Waals surface area contributed by atoms with Crippen molar-refractivity contribution in [2.45, 2.75) is 0 Å². The standard InChI is InChI=1S/C8H6ClN3O2/c9-4-1-2-6(10)5(3-4)7-11-12-8(13)14-7/h1-3H,10H2,(H,12,13). The molecule has 0 amide bonds. The fourth-order valence-electron chi connectivity index (χ4n) is 1.06. The number of rotatable bonds is 1. The molecule has 1 heterocycles. The maximum absolute atomic E-state index is 10.7. The number of nitrogens with one attached hydrogen (secondary N) is 1. The lowest BCUT2D eigenvalue weighted by Crippen LogP contribution is -1.93. The zero-order chi connectivity index (χ0) is 10.1. The largest absolute Gasteiger partial charge is 0.434 e. The predicted molar refractivity (Wildman–Crippen MR) is 52.0 cm³/mol. The molecule has 2 aromatic rings. The van der Waals surface area contributed by atoms with Crippen LogP contribution in [0.15, 0.2) is 27.4 Å². The second-order valence-electron chi connectivity index (χ2n) is 2.65. The van der Waals surface area contributed by atoms with Gasteiger partial charge in [-0.25, -0.2) is 9.89 Å². The number of aromatic amines is 1. The smallest absolute Gasteiger partial charge is 0.398 e. The number of H-pyrrole nitrogens is 1. The molecule has 5 nitrogen and oxygen atoms in total. The number of anilines is 1. The predicted octanol–water partition coefficient (Wildman–Crippen LogP) is 1.27. The molecule has 72 valence electrons. The van der Waals surface area contributed by atoms with Gasteiger partial charge >= 0.3 is 5.76 Å². The van der Waals surface area contributed by atoms with Crippen LogP contribution in [0.4, 0.5) is 5.69 Å². The van der Waals surface area contributed by atoms with Gasteiger partial charge in [-0.3, -0.25) is 0 Å². The van der Waals surface area contributed by atoms with Crippen molar-refractivity contribution >= 4 is 17.3 Å². The van der Waals surface area contributed by atoms with E-state index in [1.807, 2.05) is 0 Å². The molecule has 1 aromatic heterocycles. The SMILES string of the molecule is Nc1ccc(Cl)cc1-c1n[nH]c(=O)o1. The Kier molecular flexibility index (Phi) is 2.01. The molecule has 0 spiro atoms. The molecule has 0 saturated carbocycles. The van der Waals surface area contributed by atoms with Crippen molar-refractivity contribution in [3.05, 3.63) is 33.8 Å². The van der Waals surface area contributed by atoms with E-state index < -0.39 is 5.76 Å². The third-order valence-electron chi connectivity index (χ3n) is 1.68. The first-order valence-corrected chi connectivity index (χ1v) is 4.15. The molecule has 0 aliphatic rings. The number of aromatic nitrogens is 2. The minimum atomic E-state index is -0.626. The Morgan fingerprint density at radius 1 is 1.50 bits per heavy atom. The average molecular weight is 212 g/mol. The molecule has 1 aromatic carbocycles. The monoisotopic (exact) mass is 211 g/mol. The van der Waals surface area contributed by atoms with Crippen LogP contribution in [-0.4, -0.2) is 10.2 Å². The molecular formula is C8H6ClN3O2. The molecule has 0 unspecified atom stereocenters. The van der Waals surface area contributed by atoms with E-state index in [1.54, 1.807) is 18.2 Å². The van der Waals surface area contributed by atoms with Crippen molar-refractivity contribution in [2.24, 2.45) is 0 Å². The van der Waals surface area contributed by atoms with Gasteiger partial charge in [-0.15, -0.1) is 5.10 Å². The second kappa shape index (κ2) is 3.19. The highest BCUT2D eigenvalue weighted by Crippen LogP contribution is 2.26. The summed E-state index contributed by atoms with van der Waals surface area (Å²) in [6.07, 6.45) is 0. The maximum Gasteiger partial charge on any atom is 0.434 e. The number of nitrogens with zero attached hydrogens (tertiary/aromatic N) is 1. The molecule has 3 N–H and O–H groups in total. The first-order chi connectivity index (χ1) is 6.66. The van der Waals surface area contributed by atoms with Crippen LogP contribution >= 0.6 is 11.6 Å². The first kappa shape index (κ1) is 8.83. The third-order valence-corrected chi connectivity index (χ3v) is 1.92. The molecule has 0 aliphatic carbocycles. The number of nitrogens with two attached hydrogens (primary N) is 1. The summed E-state index contributed by atoms with van der Waals surface area (Å²) >= 11 is 5.76. The van der Waals surface area contributed by atoms with Gasteiger partial charge in [-0.2, -0.15) is 0 Å². The molecule has 0 atom stereocenters. The zero-order valence-corrected chi connectivity index (χ0v) is 7.71. The van der Waals surface area contributed by atoms with E-state index in [0.717, 1.165) is 0 Å². The van der Waals surface area contributed by atoms with Gasteiger partial charge in [0.15, 0.2) is 0 Å². The van der Waals surface area contributed by atoms with Gasteiger partial charge in [0.2, 0.25) is 0 Å². The molecule has 14 heavy (non-hydrogen) atoms. The van der Waals surface area contributed by atoms with E-state index in [9.17, 15) is 4.79 Å². The Bertz CT molecular complexity index is 517. The van der Waals surface area contributed by atoms with E-state index in [1.165, 1.54) is 0 Å². The van der Waals surface area contributed by atoms with E-state index in [-0.39, 0.29) is 5.89 Å².